The van der Waals surface area contributed by atoms with Gasteiger partial charge in [-0.05, 0) is 43.6 Å². The molecule has 1 aliphatic rings. The number of nitrogens with one attached hydrogen (secondary N) is 1. The molecule has 6 heteroatoms. The second kappa shape index (κ2) is 8.31. The van der Waals surface area contributed by atoms with Gasteiger partial charge in [0.1, 0.15) is 11.9 Å². The fourth-order valence-electron chi connectivity index (χ4n) is 1.90. The highest BCUT2D eigenvalue weighted by molar-refractivity contribution is 14.1. The van der Waals surface area contributed by atoms with E-state index < -0.39 is 6.16 Å². The molecule has 0 radical (unpaired) electrons. The molecule has 1 saturated heterocycles. The number of carbonyl (C=O) groups is 1. The van der Waals surface area contributed by atoms with Gasteiger partial charge in [-0.1, -0.05) is 34.7 Å². The maximum atomic E-state index is 11.5. The molecule has 0 saturated carbocycles. The van der Waals surface area contributed by atoms with Crippen LogP contribution in [0.2, 0.25) is 0 Å². The van der Waals surface area contributed by atoms with Gasteiger partial charge < -0.3 is 19.5 Å². The molecule has 0 amide bonds. The van der Waals surface area contributed by atoms with Crippen molar-refractivity contribution in [1.82, 2.24) is 5.32 Å². The van der Waals surface area contributed by atoms with Gasteiger partial charge in [0, 0.05) is 4.43 Å². The van der Waals surface area contributed by atoms with Crippen molar-refractivity contribution >= 4 is 28.7 Å². The van der Waals surface area contributed by atoms with Crippen LogP contribution in [0.25, 0.3) is 0 Å². The monoisotopic (exact) mass is 391 g/mol. The second-order valence-corrected chi connectivity index (χ2v) is 5.26. The minimum atomic E-state index is -0.666. The summed E-state index contributed by atoms with van der Waals surface area (Å²) in [6.07, 6.45) is 0.939. The van der Waals surface area contributed by atoms with Crippen LogP contribution in [0.3, 0.4) is 0 Å². The smallest absolute Gasteiger partial charge is 0.457 e. The largest absolute Gasteiger partial charge is 0.511 e. The maximum Gasteiger partial charge on any atom is 0.511 e. The minimum absolute atomic E-state index is 0.0494. The van der Waals surface area contributed by atoms with Gasteiger partial charge in [0.2, 0.25) is 6.79 Å². The fourth-order valence-corrected chi connectivity index (χ4v) is 2.41. The SMILES string of the molecule is O=C(OCOc1ccc(CI)cc1)OC1CCNCC1. The van der Waals surface area contributed by atoms with Crippen LogP contribution in [0, 0.1) is 0 Å². The molecule has 0 unspecified atom stereocenters. The van der Waals surface area contributed by atoms with Crippen LogP contribution in [0.1, 0.15) is 18.4 Å². The zero-order valence-electron chi connectivity index (χ0n) is 11.1. The molecular weight excluding hydrogens is 373 g/mol. The van der Waals surface area contributed by atoms with E-state index in [2.05, 4.69) is 27.9 Å². The van der Waals surface area contributed by atoms with E-state index >= 15 is 0 Å². The molecular formula is C14H18INO4. The van der Waals surface area contributed by atoms with Gasteiger partial charge in [-0.15, -0.1) is 0 Å². The van der Waals surface area contributed by atoms with Crippen LogP contribution in [0.4, 0.5) is 4.79 Å². The highest BCUT2D eigenvalue weighted by Gasteiger charge is 2.18. The Morgan fingerprint density at radius 2 is 1.95 bits per heavy atom. The Hall–Kier alpha value is -1.02. The zero-order chi connectivity index (χ0) is 14.2. The van der Waals surface area contributed by atoms with Crippen molar-refractivity contribution in [1.29, 1.82) is 0 Å². The summed E-state index contributed by atoms with van der Waals surface area (Å²) < 4.78 is 16.4. The molecule has 1 heterocycles. The van der Waals surface area contributed by atoms with Gasteiger partial charge in [-0.25, -0.2) is 4.79 Å². The topological polar surface area (TPSA) is 56.8 Å². The van der Waals surface area contributed by atoms with Crippen LogP contribution in [0.5, 0.6) is 5.75 Å². The summed E-state index contributed by atoms with van der Waals surface area (Å²) >= 11 is 2.30. The Morgan fingerprint density at radius 3 is 2.60 bits per heavy atom. The van der Waals surface area contributed by atoms with Crippen LogP contribution in [0.15, 0.2) is 24.3 Å². The van der Waals surface area contributed by atoms with Gasteiger partial charge in [-0.3, -0.25) is 0 Å². The summed E-state index contributed by atoms with van der Waals surface area (Å²) in [7, 11) is 0. The van der Waals surface area contributed by atoms with Crippen molar-refractivity contribution in [3.05, 3.63) is 29.8 Å². The van der Waals surface area contributed by atoms with E-state index in [1.54, 1.807) is 0 Å². The fraction of sp³-hybridized carbons (Fsp3) is 0.500. The second-order valence-electron chi connectivity index (χ2n) is 4.50. The van der Waals surface area contributed by atoms with Crippen molar-refractivity contribution in [2.45, 2.75) is 23.4 Å². The van der Waals surface area contributed by atoms with Crippen LogP contribution < -0.4 is 10.1 Å². The van der Waals surface area contributed by atoms with Crippen LogP contribution >= 0.6 is 22.6 Å². The zero-order valence-corrected chi connectivity index (χ0v) is 13.3. The van der Waals surface area contributed by atoms with Gasteiger partial charge >= 0.3 is 6.16 Å². The van der Waals surface area contributed by atoms with Crippen molar-refractivity contribution in [2.24, 2.45) is 0 Å². The lowest BCUT2D eigenvalue weighted by molar-refractivity contribution is -0.0210. The molecule has 1 aromatic rings. The van der Waals surface area contributed by atoms with Gasteiger partial charge in [0.05, 0.1) is 0 Å². The highest BCUT2D eigenvalue weighted by Crippen LogP contribution is 2.14. The quantitative estimate of drug-likeness (QED) is 0.362. The lowest BCUT2D eigenvalue weighted by atomic mass is 10.1. The molecule has 0 aromatic heterocycles. The Labute approximate surface area is 132 Å². The first kappa shape index (κ1) is 15.4. The molecule has 1 N–H and O–H groups in total. The predicted octanol–water partition coefficient (Wildman–Crippen LogP) is 2.86. The third-order valence-corrected chi connectivity index (χ3v) is 3.91. The molecule has 1 aromatic carbocycles. The summed E-state index contributed by atoms with van der Waals surface area (Å²) in [6.45, 7) is 1.61. The molecule has 2 rings (SSSR count). The maximum absolute atomic E-state index is 11.5. The molecule has 5 nitrogen and oxygen atoms in total. The van der Waals surface area contributed by atoms with E-state index in [1.807, 2.05) is 24.3 Å². The van der Waals surface area contributed by atoms with Crippen molar-refractivity contribution in [3.8, 4) is 5.75 Å². The van der Waals surface area contributed by atoms with Gasteiger partial charge in [0.25, 0.3) is 0 Å². The van der Waals surface area contributed by atoms with Gasteiger partial charge in [-0.2, -0.15) is 0 Å². The number of carbonyl (C=O) groups excluding carboxylic acids is 1. The van der Waals surface area contributed by atoms with Crippen molar-refractivity contribution < 1.29 is 19.0 Å². The number of hydrogen-bond donors (Lipinski definition) is 1. The number of piperidine rings is 1. The van der Waals surface area contributed by atoms with E-state index in [4.69, 9.17) is 14.2 Å². The van der Waals surface area contributed by atoms with Crippen molar-refractivity contribution in [3.63, 3.8) is 0 Å². The number of alkyl halides is 1. The Morgan fingerprint density at radius 1 is 1.25 bits per heavy atom. The van der Waals surface area contributed by atoms with E-state index in [9.17, 15) is 4.79 Å². The minimum Gasteiger partial charge on any atom is -0.457 e. The van der Waals surface area contributed by atoms with Crippen LogP contribution in [-0.4, -0.2) is 32.1 Å². The Bertz CT molecular complexity index is 418. The van der Waals surface area contributed by atoms with E-state index in [0.717, 1.165) is 30.4 Å². The normalized spacial score (nSPS) is 15.7. The molecule has 0 spiro atoms. The van der Waals surface area contributed by atoms with E-state index in [-0.39, 0.29) is 12.9 Å². The standard InChI is InChI=1S/C14H18INO4/c15-9-11-1-3-12(4-2-11)18-10-19-14(17)20-13-5-7-16-8-6-13/h1-4,13,16H,5-10H2. The molecule has 0 bridgehead atoms. The average Bonchev–Trinajstić information content (AvgIpc) is 2.49. The predicted molar refractivity (Wildman–Crippen MR) is 83.1 cm³/mol. The first-order valence-corrected chi connectivity index (χ1v) is 8.12. The summed E-state index contributed by atoms with van der Waals surface area (Å²) in [5.74, 6) is 0.674. The number of ether oxygens (including phenoxy) is 3. The molecule has 110 valence electrons. The molecule has 20 heavy (non-hydrogen) atoms. The summed E-state index contributed by atoms with van der Waals surface area (Å²) in [6, 6.07) is 7.68. The summed E-state index contributed by atoms with van der Waals surface area (Å²) in [5, 5.41) is 3.20. The third-order valence-electron chi connectivity index (χ3n) is 3.03. The Kier molecular flexibility index (Phi) is 6.38. The molecule has 0 atom stereocenters. The number of halogens is 1. The molecule has 1 aliphatic heterocycles. The molecule has 0 aliphatic carbocycles. The summed E-state index contributed by atoms with van der Waals surface area (Å²) in [5.41, 5.74) is 1.23. The lowest BCUT2D eigenvalue weighted by Gasteiger charge is -2.22. The van der Waals surface area contributed by atoms with Gasteiger partial charge in [0.15, 0.2) is 0 Å². The number of hydrogen-bond acceptors (Lipinski definition) is 5. The first-order chi connectivity index (χ1) is 9.78. The molecule has 1 fully saturated rings. The lowest BCUT2D eigenvalue weighted by Crippen LogP contribution is -2.34. The van der Waals surface area contributed by atoms with E-state index in [1.165, 1.54) is 5.56 Å². The third kappa shape index (κ3) is 5.16. The summed E-state index contributed by atoms with van der Waals surface area (Å²) in [4.78, 5) is 11.5. The first-order valence-electron chi connectivity index (χ1n) is 6.60. The van der Waals surface area contributed by atoms with Crippen molar-refractivity contribution in [2.75, 3.05) is 19.9 Å². The number of benzene rings is 1. The highest BCUT2D eigenvalue weighted by atomic mass is 127. The van der Waals surface area contributed by atoms with E-state index in [0.29, 0.717) is 5.75 Å². The number of rotatable bonds is 5. The average molecular weight is 391 g/mol. The van der Waals surface area contributed by atoms with Crippen LogP contribution in [-0.2, 0) is 13.9 Å². The Balaban J connectivity index is 1.65.